The van der Waals surface area contributed by atoms with Gasteiger partial charge in [-0.2, -0.15) is 0 Å². The SMILES string of the molecule is CCN(C(=O)COC1CCC(C(=O)OC)CC1)C1CC1. The normalized spacial score (nSPS) is 26.1. The maximum absolute atomic E-state index is 12.0. The molecule has 2 aliphatic carbocycles. The van der Waals surface area contributed by atoms with Crippen LogP contribution in [-0.4, -0.2) is 49.2 Å². The Morgan fingerprint density at radius 1 is 1.10 bits per heavy atom. The van der Waals surface area contributed by atoms with Crippen LogP contribution in [0.15, 0.2) is 0 Å². The van der Waals surface area contributed by atoms with E-state index in [2.05, 4.69) is 0 Å². The topological polar surface area (TPSA) is 55.8 Å². The van der Waals surface area contributed by atoms with E-state index in [1.807, 2.05) is 11.8 Å². The van der Waals surface area contributed by atoms with Crippen molar-refractivity contribution in [3.8, 4) is 0 Å². The number of amides is 1. The second kappa shape index (κ2) is 7.07. The fourth-order valence-corrected chi connectivity index (χ4v) is 2.93. The lowest BCUT2D eigenvalue weighted by Gasteiger charge is -2.28. The van der Waals surface area contributed by atoms with Gasteiger partial charge < -0.3 is 14.4 Å². The van der Waals surface area contributed by atoms with E-state index in [-0.39, 0.29) is 30.5 Å². The highest BCUT2D eigenvalue weighted by Crippen LogP contribution is 2.28. The minimum Gasteiger partial charge on any atom is -0.469 e. The van der Waals surface area contributed by atoms with Crippen molar-refractivity contribution < 1.29 is 19.1 Å². The second-order valence-electron chi connectivity index (χ2n) is 5.72. The first-order valence-corrected chi connectivity index (χ1v) is 7.64. The number of methoxy groups -OCH3 is 1. The Labute approximate surface area is 120 Å². The number of likely N-dealkylation sites (N-methyl/N-ethyl adjacent to an activating group) is 1. The van der Waals surface area contributed by atoms with Crippen LogP contribution in [0.1, 0.15) is 45.4 Å². The van der Waals surface area contributed by atoms with Gasteiger partial charge in [0.2, 0.25) is 5.91 Å². The Morgan fingerprint density at radius 3 is 2.25 bits per heavy atom. The third-order valence-corrected chi connectivity index (χ3v) is 4.30. The number of esters is 1. The molecule has 2 aliphatic rings. The summed E-state index contributed by atoms with van der Waals surface area (Å²) in [6.07, 6.45) is 5.63. The minimum atomic E-state index is -0.120. The van der Waals surface area contributed by atoms with Gasteiger partial charge >= 0.3 is 5.97 Å². The number of carbonyl (C=O) groups excluding carboxylic acids is 2. The van der Waals surface area contributed by atoms with Gasteiger partial charge in [0.15, 0.2) is 0 Å². The Hall–Kier alpha value is -1.10. The van der Waals surface area contributed by atoms with E-state index < -0.39 is 0 Å². The van der Waals surface area contributed by atoms with Crippen LogP contribution in [0.25, 0.3) is 0 Å². The Balaban J connectivity index is 1.68. The fourth-order valence-electron chi connectivity index (χ4n) is 2.93. The summed E-state index contributed by atoms with van der Waals surface area (Å²) in [5, 5.41) is 0. The lowest BCUT2D eigenvalue weighted by Crippen LogP contribution is -2.37. The molecule has 0 aromatic rings. The van der Waals surface area contributed by atoms with Gasteiger partial charge in [-0.25, -0.2) is 0 Å². The molecular formula is C15H25NO4. The first kappa shape index (κ1) is 15.3. The molecule has 0 radical (unpaired) electrons. The predicted octanol–water partition coefficient (Wildman–Crippen LogP) is 1.75. The number of hydrogen-bond acceptors (Lipinski definition) is 4. The Morgan fingerprint density at radius 2 is 1.75 bits per heavy atom. The highest BCUT2D eigenvalue weighted by Gasteiger charge is 2.32. The summed E-state index contributed by atoms with van der Waals surface area (Å²) in [6, 6.07) is 0.450. The van der Waals surface area contributed by atoms with E-state index in [0.717, 1.165) is 45.1 Å². The largest absolute Gasteiger partial charge is 0.469 e. The van der Waals surface area contributed by atoms with E-state index in [1.165, 1.54) is 7.11 Å². The van der Waals surface area contributed by atoms with Crippen LogP contribution in [0.5, 0.6) is 0 Å². The van der Waals surface area contributed by atoms with E-state index in [1.54, 1.807) is 0 Å². The van der Waals surface area contributed by atoms with Gasteiger partial charge in [-0.3, -0.25) is 9.59 Å². The lowest BCUT2D eigenvalue weighted by atomic mass is 9.87. The van der Waals surface area contributed by atoms with Crippen LogP contribution >= 0.6 is 0 Å². The molecule has 0 aromatic heterocycles. The molecule has 114 valence electrons. The van der Waals surface area contributed by atoms with Crippen molar-refractivity contribution in [3.63, 3.8) is 0 Å². The molecule has 1 amide bonds. The van der Waals surface area contributed by atoms with Crippen molar-refractivity contribution in [2.45, 2.75) is 57.6 Å². The number of hydrogen-bond donors (Lipinski definition) is 0. The fraction of sp³-hybridized carbons (Fsp3) is 0.867. The number of nitrogens with zero attached hydrogens (tertiary/aromatic N) is 1. The van der Waals surface area contributed by atoms with Gasteiger partial charge in [0, 0.05) is 12.6 Å². The maximum atomic E-state index is 12.0. The Bertz CT molecular complexity index is 346. The molecule has 0 aromatic carbocycles. The first-order valence-electron chi connectivity index (χ1n) is 7.64. The third-order valence-electron chi connectivity index (χ3n) is 4.30. The summed E-state index contributed by atoms with van der Waals surface area (Å²) in [4.78, 5) is 25.4. The molecule has 0 heterocycles. The zero-order valence-electron chi connectivity index (χ0n) is 12.5. The number of carbonyl (C=O) groups is 2. The van der Waals surface area contributed by atoms with Crippen molar-refractivity contribution in [1.29, 1.82) is 0 Å². The first-order chi connectivity index (χ1) is 9.65. The van der Waals surface area contributed by atoms with E-state index in [4.69, 9.17) is 9.47 Å². The molecular weight excluding hydrogens is 258 g/mol. The molecule has 0 atom stereocenters. The van der Waals surface area contributed by atoms with E-state index in [9.17, 15) is 9.59 Å². The van der Waals surface area contributed by atoms with Crippen molar-refractivity contribution in [1.82, 2.24) is 4.90 Å². The molecule has 2 fully saturated rings. The molecule has 20 heavy (non-hydrogen) atoms. The van der Waals surface area contributed by atoms with Crippen LogP contribution in [0.3, 0.4) is 0 Å². The number of rotatable bonds is 6. The zero-order valence-corrected chi connectivity index (χ0v) is 12.5. The molecule has 5 nitrogen and oxygen atoms in total. The molecule has 0 unspecified atom stereocenters. The van der Waals surface area contributed by atoms with Crippen molar-refractivity contribution in [2.75, 3.05) is 20.3 Å². The molecule has 0 N–H and O–H groups in total. The summed E-state index contributed by atoms with van der Waals surface area (Å²) in [5.41, 5.74) is 0. The second-order valence-corrected chi connectivity index (χ2v) is 5.72. The van der Waals surface area contributed by atoms with Gasteiger partial charge in [-0.05, 0) is 45.4 Å². The van der Waals surface area contributed by atoms with Gasteiger partial charge in [0.25, 0.3) is 0 Å². The monoisotopic (exact) mass is 283 g/mol. The third kappa shape index (κ3) is 3.95. The van der Waals surface area contributed by atoms with Crippen LogP contribution in [0, 0.1) is 5.92 Å². The lowest BCUT2D eigenvalue weighted by molar-refractivity contribution is -0.149. The molecule has 0 bridgehead atoms. The quantitative estimate of drug-likeness (QED) is 0.697. The standard InChI is InChI=1S/C15H25NO4/c1-3-16(12-6-7-12)14(17)10-20-13-8-4-11(5-9-13)15(18)19-2/h11-13H,3-10H2,1-2H3. The van der Waals surface area contributed by atoms with Crippen molar-refractivity contribution in [3.05, 3.63) is 0 Å². The highest BCUT2D eigenvalue weighted by molar-refractivity contribution is 5.78. The van der Waals surface area contributed by atoms with Gasteiger partial charge in [-0.1, -0.05) is 0 Å². The average Bonchev–Trinajstić information content (AvgIpc) is 3.30. The average molecular weight is 283 g/mol. The van der Waals surface area contributed by atoms with E-state index >= 15 is 0 Å². The zero-order chi connectivity index (χ0) is 14.5. The van der Waals surface area contributed by atoms with Crippen molar-refractivity contribution in [2.24, 2.45) is 5.92 Å². The molecule has 0 saturated heterocycles. The summed E-state index contributed by atoms with van der Waals surface area (Å²) >= 11 is 0. The van der Waals surface area contributed by atoms with Crippen LogP contribution < -0.4 is 0 Å². The van der Waals surface area contributed by atoms with Gasteiger partial charge in [0.05, 0.1) is 19.1 Å². The molecule has 0 aliphatic heterocycles. The minimum absolute atomic E-state index is 0.00848. The molecule has 5 heteroatoms. The number of ether oxygens (including phenoxy) is 2. The highest BCUT2D eigenvalue weighted by atomic mass is 16.5. The van der Waals surface area contributed by atoms with E-state index in [0.29, 0.717) is 6.04 Å². The summed E-state index contributed by atoms with van der Waals surface area (Å²) in [6.45, 7) is 2.96. The molecule has 0 spiro atoms. The predicted molar refractivity (Wildman–Crippen MR) is 74.1 cm³/mol. The summed E-state index contributed by atoms with van der Waals surface area (Å²) in [7, 11) is 1.43. The smallest absolute Gasteiger partial charge is 0.308 e. The maximum Gasteiger partial charge on any atom is 0.308 e. The van der Waals surface area contributed by atoms with Gasteiger partial charge in [0.1, 0.15) is 6.61 Å². The van der Waals surface area contributed by atoms with Crippen LogP contribution in [0.4, 0.5) is 0 Å². The molecule has 2 saturated carbocycles. The Kier molecular flexibility index (Phi) is 5.40. The summed E-state index contributed by atoms with van der Waals surface area (Å²) < 4.78 is 10.5. The van der Waals surface area contributed by atoms with Gasteiger partial charge in [-0.15, -0.1) is 0 Å². The van der Waals surface area contributed by atoms with Crippen LogP contribution in [0.2, 0.25) is 0 Å². The molecule has 2 rings (SSSR count). The van der Waals surface area contributed by atoms with Crippen molar-refractivity contribution >= 4 is 11.9 Å². The van der Waals surface area contributed by atoms with Crippen LogP contribution in [-0.2, 0) is 19.1 Å². The summed E-state index contributed by atoms with van der Waals surface area (Å²) in [5.74, 6) is -0.00957.